The summed E-state index contributed by atoms with van der Waals surface area (Å²) in [5.41, 5.74) is -0.783. The van der Waals surface area contributed by atoms with Gasteiger partial charge in [0.15, 0.2) is 23.3 Å². The van der Waals surface area contributed by atoms with Crippen molar-refractivity contribution in [2.24, 2.45) is 0 Å². The van der Waals surface area contributed by atoms with Gasteiger partial charge in [-0.25, -0.2) is 17.6 Å². The van der Waals surface area contributed by atoms with Crippen LogP contribution in [0.3, 0.4) is 0 Å². The first-order valence-electron chi connectivity index (χ1n) is 2.95. The Hall–Kier alpha value is -0.770. The lowest BCUT2D eigenvalue weighted by Crippen LogP contribution is -2.00. The Labute approximate surface area is 70.8 Å². The molecule has 0 aliphatic heterocycles. The van der Waals surface area contributed by atoms with E-state index < -0.39 is 34.7 Å². The van der Waals surface area contributed by atoms with Gasteiger partial charge >= 0.3 is 0 Å². The van der Waals surface area contributed by atoms with Gasteiger partial charge in [0.2, 0.25) is 0 Å². The first-order chi connectivity index (χ1) is 5.57. The standard InChI is InChI=1S/C7H3ClF4/c8-2-3-6(11)4(9)1-5(10)7(3)12/h1H,2H2. The summed E-state index contributed by atoms with van der Waals surface area (Å²) >= 11 is 5.07. The van der Waals surface area contributed by atoms with Crippen LogP contribution in [0.15, 0.2) is 6.07 Å². The molecule has 0 nitrogen and oxygen atoms in total. The zero-order valence-corrected chi connectivity index (χ0v) is 6.43. The Kier molecular flexibility index (Phi) is 2.57. The van der Waals surface area contributed by atoms with Crippen LogP contribution in [0.5, 0.6) is 0 Å². The smallest absolute Gasteiger partial charge is 0.166 e. The van der Waals surface area contributed by atoms with Gasteiger partial charge in [-0.1, -0.05) is 0 Å². The molecule has 0 aliphatic rings. The van der Waals surface area contributed by atoms with Crippen molar-refractivity contribution >= 4 is 11.6 Å². The first kappa shape index (κ1) is 9.32. The van der Waals surface area contributed by atoms with Crippen molar-refractivity contribution in [2.75, 3.05) is 0 Å². The molecule has 5 heteroatoms. The molecule has 0 saturated heterocycles. The average Bonchev–Trinajstić information content (AvgIpc) is 2.02. The predicted molar refractivity (Wildman–Crippen MR) is 35.8 cm³/mol. The maximum atomic E-state index is 12.6. The molecule has 1 rings (SSSR count). The van der Waals surface area contributed by atoms with Gasteiger partial charge in [0, 0.05) is 11.6 Å². The van der Waals surface area contributed by atoms with Crippen LogP contribution >= 0.6 is 11.6 Å². The van der Waals surface area contributed by atoms with Crippen LogP contribution in [0, 0.1) is 23.3 Å². The zero-order valence-electron chi connectivity index (χ0n) is 5.67. The highest BCUT2D eigenvalue weighted by molar-refractivity contribution is 6.17. The number of hydrogen-bond acceptors (Lipinski definition) is 0. The van der Waals surface area contributed by atoms with Gasteiger partial charge in [0.25, 0.3) is 0 Å². The second-order valence-corrected chi connectivity index (χ2v) is 2.35. The third kappa shape index (κ3) is 1.39. The molecule has 1 aromatic carbocycles. The lowest BCUT2D eigenvalue weighted by atomic mass is 10.2. The minimum absolute atomic E-state index is 0.140. The van der Waals surface area contributed by atoms with Crippen molar-refractivity contribution in [1.29, 1.82) is 0 Å². The third-order valence-electron chi connectivity index (χ3n) is 1.34. The lowest BCUT2D eigenvalue weighted by molar-refractivity contribution is 0.444. The Morgan fingerprint density at radius 1 is 1.00 bits per heavy atom. The van der Waals surface area contributed by atoms with Gasteiger partial charge in [-0.3, -0.25) is 0 Å². The van der Waals surface area contributed by atoms with E-state index in [0.717, 1.165) is 0 Å². The molecule has 0 atom stereocenters. The fourth-order valence-electron chi connectivity index (χ4n) is 0.740. The summed E-state index contributed by atoms with van der Waals surface area (Å²) in [4.78, 5) is 0. The van der Waals surface area contributed by atoms with E-state index in [-0.39, 0.29) is 6.07 Å². The molecule has 0 N–H and O–H groups in total. The minimum atomic E-state index is -1.44. The van der Waals surface area contributed by atoms with Crippen molar-refractivity contribution in [1.82, 2.24) is 0 Å². The Morgan fingerprint density at radius 3 is 1.75 bits per heavy atom. The third-order valence-corrected chi connectivity index (χ3v) is 1.60. The van der Waals surface area contributed by atoms with Gasteiger partial charge in [-0.15, -0.1) is 11.6 Å². The molecular weight excluding hydrogens is 196 g/mol. The van der Waals surface area contributed by atoms with Crippen molar-refractivity contribution in [3.63, 3.8) is 0 Å². The SMILES string of the molecule is Fc1cc(F)c(F)c(CCl)c1F. The molecule has 66 valence electrons. The van der Waals surface area contributed by atoms with E-state index in [1.807, 2.05) is 0 Å². The number of halogens is 5. The van der Waals surface area contributed by atoms with Crippen molar-refractivity contribution < 1.29 is 17.6 Å². The maximum Gasteiger partial charge on any atom is 0.166 e. The van der Waals surface area contributed by atoms with E-state index in [1.165, 1.54) is 0 Å². The number of benzene rings is 1. The summed E-state index contributed by atoms with van der Waals surface area (Å²) in [5.74, 6) is -6.37. The lowest BCUT2D eigenvalue weighted by Gasteiger charge is -2.02. The van der Waals surface area contributed by atoms with Crippen LogP contribution in [0.1, 0.15) is 5.56 Å². The Bertz CT molecular complexity index is 285. The van der Waals surface area contributed by atoms with E-state index in [4.69, 9.17) is 11.6 Å². The van der Waals surface area contributed by atoms with Crippen LogP contribution in [0.4, 0.5) is 17.6 Å². The molecule has 0 unspecified atom stereocenters. The minimum Gasteiger partial charge on any atom is -0.204 e. The predicted octanol–water partition coefficient (Wildman–Crippen LogP) is 2.98. The average molecular weight is 199 g/mol. The van der Waals surface area contributed by atoms with E-state index in [2.05, 4.69) is 0 Å². The molecule has 0 spiro atoms. The van der Waals surface area contributed by atoms with E-state index in [1.54, 1.807) is 0 Å². The van der Waals surface area contributed by atoms with Crippen LogP contribution in [0.2, 0.25) is 0 Å². The summed E-state index contributed by atoms with van der Waals surface area (Å²) < 4.78 is 49.9. The summed E-state index contributed by atoms with van der Waals surface area (Å²) in [7, 11) is 0. The fourth-order valence-corrected chi connectivity index (χ4v) is 0.975. The van der Waals surface area contributed by atoms with Crippen LogP contribution in [-0.2, 0) is 5.88 Å². The normalized spacial score (nSPS) is 10.4. The molecule has 1 aromatic rings. The molecule has 0 amide bonds. The highest BCUT2D eigenvalue weighted by atomic mass is 35.5. The Morgan fingerprint density at radius 2 is 1.42 bits per heavy atom. The van der Waals surface area contributed by atoms with E-state index in [9.17, 15) is 17.6 Å². The van der Waals surface area contributed by atoms with Gasteiger partial charge in [0.1, 0.15) is 0 Å². The van der Waals surface area contributed by atoms with E-state index in [0.29, 0.717) is 0 Å². The molecule has 12 heavy (non-hydrogen) atoms. The summed E-state index contributed by atoms with van der Waals surface area (Å²) in [6, 6.07) is 0.140. The molecule has 0 aliphatic carbocycles. The molecule has 0 heterocycles. The molecule has 0 aromatic heterocycles. The summed E-state index contributed by atoms with van der Waals surface area (Å²) in [5, 5.41) is 0. The van der Waals surface area contributed by atoms with Crippen LogP contribution in [-0.4, -0.2) is 0 Å². The molecule has 0 saturated carbocycles. The highest BCUT2D eigenvalue weighted by Gasteiger charge is 2.17. The quantitative estimate of drug-likeness (QED) is 0.370. The zero-order chi connectivity index (χ0) is 9.30. The summed E-state index contributed by atoms with van der Waals surface area (Å²) in [6.07, 6.45) is 0. The topological polar surface area (TPSA) is 0 Å². The van der Waals surface area contributed by atoms with Crippen molar-refractivity contribution in [3.05, 3.63) is 34.9 Å². The second kappa shape index (κ2) is 3.31. The van der Waals surface area contributed by atoms with Gasteiger partial charge in [-0.05, 0) is 0 Å². The second-order valence-electron chi connectivity index (χ2n) is 2.08. The molecular formula is C7H3ClF4. The van der Waals surface area contributed by atoms with Crippen molar-refractivity contribution in [2.45, 2.75) is 5.88 Å². The fraction of sp³-hybridized carbons (Fsp3) is 0.143. The van der Waals surface area contributed by atoms with Crippen LogP contribution < -0.4 is 0 Å². The number of alkyl halides is 1. The monoisotopic (exact) mass is 198 g/mol. The molecule has 0 bridgehead atoms. The summed E-state index contributed by atoms with van der Waals surface area (Å²) in [6.45, 7) is 0. The largest absolute Gasteiger partial charge is 0.204 e. The first-order valence-corrected chi connectivity index (χ1v) is 3.49. The molecule has 0 fully saturated rings. The maximum absolute atomic E-state index is 12.6. The highest BCUT2D eigenvalue weighted by Crippen LogP contribution is 2.20. The van der Waals surface area contributed by atoms with Crippen LogP contribution in [0.25, 0.3) is 0 Å². The number of hydrogen-bond donors (Lipinski definition) is 0. The van der Waals surface area contributed by atoms with Gasteiger partial charge < -0.3 is 0 Å². The Balaban J connectivity index is 3.42. The van der Waals surface area contributed by atoms with E-state index >= 15 is 0 Å². The van der Waals surface area contributed by atoms with Gasteiger partial charge in [-0.2, -0.15) is 0 Å². The molecule has 0 radical (unpaired) electrons. The van der Waals surface area contributed by atoms with Crippen molar-refractivity contribution in [3.8, 4) is 0 Å². The van der Waals surface area contributed by atoms with Gasteiger partial charge in [0.05, 0.1) is 5.88 Å². The number of rotatable bonds is 1.